The summed E-state index contributed by atoms with van der Waals surface area (Å²) in [5.41, 5.74) is 6.32. The van der Waals surface area contributed by atoms with E-state index in [1.807, 2.05) is 12.1 Å². The first-order valence-electron chi connectivity index (χ1n) is 9.48. The van der Waals surface area contributed by atoms with Crippen molar-refractivity contribution in [1.82, 2.24) is 0 Å². The molecule has 3 nitrogen and oxygen atoms in total. The summed E-state index contributed by atoms with van der Waals surface area (Å²) < 4.78 is 10.5. The number of esters is 1. The molecule has 0 aliphatic rings. The van der Waals surface area contributed by atoms with Crippen LogP contribution in [0, 0.1) is 13.8 Å². The van der Waals surface area contributed by atoms with Gasteiger partial charge < -0.3 is 9.47 Å². The van der Waals surface area contributed by atoms with E-state index in [1.165, 1.54) is 27.5 Å². The molecule has 3 aromatic rings. The minimum atomic E-state index is -0.287. The summed E-state index contributed by atoms with van der Waals surface area (Å²) in [5, 5.41) is 2.45. The van der Waals surface area contributed by atoms with Crippen LogP contribution in [0.4, 0.5) is 0 Å². The van der Waals surface area contributed by atoms with Gasteiger partial charge in [0.15, 0.2) is 0 Å². The van der Waals surface area contributed by atoms with Crippen molar-refractivity contribution in [2.75, 3.05) is 13.7 Å². The lowest BCUT2D eigenvalue weighted by molar-refractivity contribution is 0.0526. The molecule has 3 heteroatoms. The number of aryl methyl sites for hydroxylation is 2. The van der Waals surface area contributed by atoms with Gasteiger partial charge in [0.1, 0.15) is 5.75 Å². The number of rotatable bonds is 5. The molecule has 0 bridgehead atoms. The van der Waals surface area contributed by atoms with Crippen LogP contribution in [0.1, 0.15) is 46.5 Å². The first kappa shape index (κ1) is 19.7. The van der Waals surface area contributed by atoms with Crippen molar-refractivity contribution < 1.29 is 14.3 Å². The standard InChI is InChI=1S/C25H26O3/c1-6-28-25(26)20-9-7-19(8-10-20)13-16(2)21-11-12-22-18(4)24(27-5)14-17(3)23(22)15-21/h7-15H,6H2,1-5H3. The highest BCUT2D eigenvalue weighted by Crippen LogP contribution is 2.32. The molecule has 144 valence electrons. The van der Waals surface area contributed by atoms with Gasteiger partial charge in [-0.1, -0.05) is 30.3 Å². The number of methoxy groups -OCH3 is 1. The molecule has 3 rings (SSSR count). The SMILES string of the molecule is CCOC(=O)c1ccc(C=C(C)c2ccc3c(C)c(OC)cc(C)c3c2)cc1. The molecule has 0 N–H and O–H groups in total. The van der Waals surface area contributed by atoms with Crippen LogP contribution in [-0.4, -0.2) is 19.7 Å². The highest BCUT2D eigenvalue weighted by molar-refractivity contribution is 5.94. The van der Waals surface area contributed by atoms with E-state index >= 15 is 0 Å². The normalized spacial score (nSPS) is 11.5. The zero-order valence-corrected chi connectivity index (χ0v) is 17.1. The molecule has 0 atom stereocenters. The summed E-state index contributed by atoms with van der Waals surface area (Å²) in [6, 6.07) is 16.1. The number of hydrogen-bond acceptors (Lipinski definition) is 3. The molecule has 0 heterocycles. The molecule has 0 amide bonds. The van der Waals surface area contributed by atoms with Gasteiger partial charge in [0.25, 0.3) is 0 Å². The Kier molecular flexibility index (Phi) is 5.84. The predicted molar refractivity (Wildman–Crippen MR) is 116 cm³/mol. The lowest BCUT2D eigenvalue weighted by Gasteiger charge is -2.13. The number of allylic oxidation sites excluding steroid dienone is 1. The smallest absolute Gasteiger partial charge is 0.338 e. The second-order valence-corrected chi connectivity index (χ2v) is 6.95. The predicted octanol–water partition coefficient (Wildman–Crippen LogP) is 6.20. The molecule has 0 aromatic heterocycles. The lowest BCUT2D eigenvalue weighted by Crippen LogP contribution is -2.03. The van der Waals surface area contributed by atoms with Crippen LogP contribution in [0.2, 0.25) is 0 Å². The van der Waals surface area contributed by atoms with E-state index in [1.54, 1.807) is 26.2 Å². The van der Waals surface area contributed by atoms with Gasteiger partial charge in [0.05, 0.1) is 19.3 Å². The molecular weight excluding hydrogens is 348 g/mol. The van der Waals surface area contributed by atoms with Gasteiger partial charge in [-0.05, 0) is 90.6 Å². The van der Waals surface area contributed by atoms with Crippen molar-refractivity contribution in [1.29, 1.82) is 0 Å². The third-order valence-corrected chi connectivity index (χ3v) is 5.05. The molecular formula is C25H26O3. The zero-order chi connectivity index (χ0) is 20.3. The molecule has 0 unspecified atom stereocenters. The minimum Gasteiger partial charge on any atom is -0.496 e. The molecule has 0 saturated heterocycles. The first-order chi connectivity index (χ1) is 13.4. The molecule has 0 aliphatic carbocycles. The summed E-state index contributed by atoms with van der Waals surface area (Å²) in [7, 11) is 1.71. The number of carbonyl (C=O) groups excluding carboxylic acids is 1. The van der Waals surface area contributed by atoms with Crippen LogP contribution in [-0.2, 0) is 4.74 Å². The number of carbonyl (C=O) groups is 1. The van der Waals surface area contributed by atoms with Crippen LogP contribution in [0.15, 0.2) is 48.5 Å². The fourth-order valence-corrected chi connectivity index (χ4v) is 3.43. The third kappa shape index (κ3) is 3.94. The van der Waals surface area contributed by atoms with Gasteiger partial charge in [0.2, 0.25) is 0 Å². The fourth-order valence-electron chi connectivity index (χ4n) is 3.43. The topological polar surface area (TPSA) is 35.5 Å². The number of hydrogen-bond donors (Lipinski definition) is 0. The van der Waals surface area contributed by atoms with Crippen LogP contribution < -0.4 is 4.74 Å². The second kappa shape index (κ2) is 8.30. The van der Waals surface area contributed by atoms with Crippen molar-refractivity contribution in [2.24, 2.45) is 0 Å². The number of ether oxygens (including phenoxy) is 2. The Morgan fingerprint density at radius 3 is 2.29 bits per heavy atom. The van der Waals surface area contributed by atoms with E-state index < -0.39 is 0 Å². The largest absolute Gasteiger partial charge is 0.496 e. The monoisotopic (exact) mass is 374 g/mol. The zero-order valence-electron chi connectivity index (χ0n) is 17.1. The van der Waals surface area contributed by atoms with E-state index in [9.17, 15) is 4.79 Å². The summed E-state index contributed by atoms with van der Waals surface area (Å²) >= 11 is 0. The average Bonchev–Trinajstić information content (AvgIpc) is 2.71. The maximum atomic E-state index is 11.8. The molecule has 0 fully saturated rings. The lowest BCUT2D eigenvalue weighted by atomic mass is 9.95. The molecule has 0 aliphatic heterocycles. The van der Waals surface area contributed by atoms with Crippen LogP contribution in [0.3, 0.4) is 0 Å². The molecule has 0 spiro atoms. The quantitative estimate of drug-likeness (QED) is 0.394. The Labute approximate surface area is 166 Å². The van der Waals surface area contributed by atoms with Gasteiger partial charge in [-0.25, -0.2) is 4.79 Å². The first-order valence-corrected chi connectivity index (χ1v) is 9.48. The average molecular weight is 374 g/mol. The third-order valence-electron chi connectivity index (χ3n) is 5.05. The summed E-state index contributed by atoms with van der Waals surface area (Å²) in [5.74, 6) is 0.636. The fraction of sp³-hybridized carbons (Fsp3) is 0.240. The van der Waals surface area contributed by atoms with E-state index in [0.717, 1.165) is 16.9 Å². The van der Waals surface area contributed by atoms with Gasteiger partial charge in [-0.15, -0.1) is 0 Å². The molecule has 3 aromatic carbocycles. The van der Waals surface area contributed by atoms with Gasteiger partial charge >= 0.3 is 5.97 Å². The maximum Gasteiger partial charge on any atom is 0.338 e. The Morgan fingerprint density at radius 2 is 1.64 bits per heavy atom. The van der Waals surface area contributed by atoms with E-state index in [2.05, 4.69) is 51.1 Å². The van der Waals surface area contributed by atoms with Crippen LogP contribution in [0.25, 0.3) is 22.4 Å². The minimum absolute atomic E-state index is 0.287. The Bertz CT molecular complexity index is 1040. The van der Waals surface area contributed by atoms with Gasteiger partial charge in [0, 0.05) is 0 Å². The van der Waals surface area contributed by atoms with Gasteiger partial charge in [-0.2, -0.15) is 0 Å². The van der Waals surface area contributed by atoms with E-state index in [-0.39, 0.29) is 5.97 Å². The van der Waals surface area contributed by atoms with E-state index in [4.69, 9.17) is 9.47 Å². The summed E-state index contributed by atoms with van der Waals surface area (Å²) in [6.07, 6.45) is 2.13. The highest BCUT2D eigenvalue weighted by atomic mass is 16.5. The number of fused-ring (bicyclic) bond motifs is 1. The molecule has 0 radical (unpaired) electrons. The highest BCUT2D eigenvalue weighted by Gasteiger charge is 2.09. The molecule has 28 heavy (non-hydrogen) atoms. The van der Waals surface area contributed by atoms with Crippen molar-refractivity contribution in [2.45, 2.75) is 27.7 Å². The van der Waals surface area contributed by atoms with Gasteiger partial charge in [-0.3, -0.25) is 0 Å². The Morgan fingerprint density at radius 1 is 0.964 bits per heavy atom. The number of benzene rings is 3. The maximum absolute atomic E-state index is 11.8. The van der Waals surface area contributed by atoms with Crippen molar-refractivity contribution >= 4 is 28.4 Å². The van der Waals surface area contributed by atoms with Crippen molar-refractivity contribution in [3.63, 3.8) is 0 Å². The molecule has 0 saturated carbocycles. The van der Waals surface area contributed by atoms with E-state index in [0.29, 0.717) is 12.2 Å². The summed E-state index contributed by atoms with van der Waals surface area (Å²) in [4.78, 5) is 11.8. The second-order valence-electron chi connectivity index (χ2n) is 6.95. The van der Waals surface area contributed by atoms with Crippen molar-refractivity contribution in [3.8, 4) is 5.75 Å². The van der Waals surface area contributed by atoms with Crippen LogP contribution in [0.5, 0.6) is 5.75 Å². The van der Waals surface area contributed by atoms with Crippen LogP contribution >= 0.6 is 0 Å². The summed E-state index contributed by atoms with van der Waals surface area (Å²) in [6.45, 7) is 8.50. The Hall–Kier alpha value is -3.07. The Balaban J connectivity index is 1.93. The van der Waals surface area contributed by atoms with Crippen molar-refractivity contribution in [3.05, 3.63) is 76.3 Å².